The highest BCUT2D eigenvalue weighted by Crippen LogP contribution is 2.17. The Morgan fingerprint density at radius 3 is 2.79 bits per heavy atom. The maximum atomic E-state index is 11.4. The van der Waals surface area contributed by atoms with Gasteiger partial charge in [-0.2, -0.15) is 15.3 Å². The molecule has 1 fully saturated rings. The molecule has 2 heterocycles. The van der Waals surface area contributed by atoms with Gasteiger partial charge in [0.25, 0.3) is 0 Å². The van der Waals surface area contributed by atoms with Crippen LogP contribution in [0.4, 0.5) is 17.5 Å². The molecule has 0 radical (unpaired) electrons. The molecule has 2 aromatic rings. The van der Waals surface area contributed by atoms with Crippen molar-refractivity contribution in [3.63, 3.8) is 0 Å². The minimum atomic E-state index is 0.0928. The van der Waals surface area contributed by atoms with Crippen LogP contribution in [0.3, 0.4) is 0 Å². The predicted octanol–water partition coefficient (Wildman–Crippen LogP) is 1.16. The molecule has 1 aromatic carbocycles. The van der Waals surface area contributed by atoms with E-state index in [0.717, 1.165) is 5.69 Å². The van der Waals surface area contributed by atoms with Gasteiger partial charge in [-0.1, -0.05) is 6.07 Å². The Bertz CT molecular complexity index is 778. The van der Waals surface area contributed by atoms with Crippen molar-refractivity contribution >= 4 is 23.4 Å². The molecule has 1 aliphatic rings. The van der Waals surface area contributed by atoms with Gasteiger partial charge in [-0.25, -0.2) is 0 Å². The number of carbonyl (C=O) groups excluding carboxylic acids is 1. The zero-order valence-electron chi connectivity index (χ0n) is 13.3. The first-order chi connectivity index (χ1) is 11.7. The Labute approximate surface area is 139 Å². The molecular weight excluding hydrogens is 306 g/mol. The van der Waals surface area contributed by atoms with Crippen LogP contribution in [-0.4, -0.2) is 52.2 Å². The van der Waals surface area contributed by atoms with Crippen LogP contribution in [0, 0.1) is 11.3 Å². The molecule has 1 N–H and O–H groups in total. The minimum Gasteiger partial charge on any atom is -0.352 e. The molecule has 0 aliphatic carbocycles. The van der Waals surface area contributed by atoms with Crippen LogP contribution >= 0.6 is 0 Å². The number of benzene rings is 1. The summed E-state index contributed by atoms with van der Waals surface area (Å²) >= 11 is 0. The SMILES string of the molecule is CC(=O)N1CCN(c2cnnc(Nc3cccc(C#N)c3)n2)CC1. The summed E-state index contributed by atoms with van der Waals surface area (Å²) in [4.78, 5) is 19.8. The topological polar surface area (TPSA) is 98.0 Å². The van der Waals surface area contributed by atoms with Gasteiger partial charge in [0.15, 0.2) is 5.82 Å². The second-order valence-corrected chi connectivity index (χ2v) is 5.45. The molecule has 0 atom stereocenters. The molecule has 0 unspecified atom stereocenters. The van der Waals surface area contributed by atoms with E-state index >= 15 is 0 Å². The van der Waals surface area contributed by atoms with E-state index in [1.165, 1.54) is 0 Å². The average molecular weight is 323 g/mol. The van der Waals surface area contributed by atoms with Crippen LogP contribution in [0.5, 0.6) is 0 Å². The standard InChI is InChI=1S/C16H17N7O/c1-12(24)22-5-7-23(8-6-22)15-11-18-21-16(20-15)19-14-4-2-3-13(9-14)10-17/h2-4,9,11H,5-8H2,1H3,(H,19,20,21). The summed E-state index contributed by atoms with van der Waals surface area (Å²) in [6.07, 6.45) is 1.61. The lowest BCUT2D eigenvalue weighted by molar-refractivity contribution is -0.129. The van der Waals surface area contributed by atoms with E-state index in [2.05, 4.69) is 31.5 Å². The largest absolute Gasteiger partial charge is 0.352 e. The van der Waals surface area contributed by atoms with E-state index in [4.69, 9.17) is 5.26 Å². The van der Waals surface area contributed by atoms with E-state index in [0.29, 0.717) is 43.5 Å². The number of carbonyl (C=O) groups is 1. The van der Waals surface area contributed by atoms with Crippen molar-refractivity contribution < 1.29 is 4.79 Å². The normalized spacial score (nSPS) is 14.2. The number of hydrogen-bond donors (Lipinski definition) is 1. The van der Waals surface area contributed by atoms with Gasteiger partial charge in [0, 0.05) is 38.8 Å². The number of rotatable bonds is 3. The number of amides is 1. The van der Waals surface area contributed by atoms with Gasteiger partial charge < -0.3 is 15.1 Å². The molecule has 0 spiro atoms. The Kier molecular flexibility index (Phi) is 4.52. The molecule has 122 valence electrons. The Hall–Kier alpha value is -3.21. The number of nitrogens with one attached hydrogen (secondary N) is 1. The van der Waals surface area contributed by atoms with Crippen molar-refractivity contribution in [1.29, 1.82) is 5.26 Å². The van der Waals surface area contributed by atoms with Crippen LogP contribution in [0.1, 0.15) is 12.5 Å². The number of aromatic nitrogens is 3. The molecule has 24 heavy (non-hydrogen) atoms. The molecule has 0 saturated carbocycles. The van der Waals surface area contributed by atoms with Gasteiger partial charge in [-0.05, 0) is 18.2 Å². The second kappa shape index (κ2) is 6.91. The number of piperazine rings is 1. The fraction of sp³-hybridized carbons (Fsp3) is 0.312. The molecule has 1 amide bonds. The number of hydrogen-bond acceptors (Lipinski definition) is 7. The van der Waals surface area contributed by atoms with Crippen molar-refractivity contribution in [2.75, 3.05) is 36.4 Å². The zero-order valence-corrected chi connectivity index (χ0v) is 13.3. The van der Waals surface area contributed by atoms with E-state index in [1.54, 1.807) is 31.3 Å². The highest BCUT2D eigenvalue weighted by atomic mass is 16.2. The third kappa shape index (κ3) is 3.57. The molecule has 1 saturated heterocycles. The predicted molar refractivity (Wildman–Crippen MR) is 88.7 cm³/mol. The lowest BCUT2D eigenvalue weighted by atomic mass is 10.2. The summed E-state index contributed by atoms with van der Waals surface area (Å²) in [5, 5.41) is 20.0. The van der Waals surface area contributed by atoms with Gasteiger partial charge in [0.2, 0.25) is 11.9 Å². The molecule has 8 nitrogen and oxygen atoms in total. The average Bonchev–Trinajstić information content (AvgIpc) is 2.62. The Morgan fingerprint density at radius 2 is 2.08 bits per heavy atom. The quantitative estimate of drug-likeness (QED) is 0.905. The first kappa shape index (κ1) is 15.7. The van der Waals surface area contributed by atoms with Gasteiger partial charge in [-0.3, -0.25) is 4.79 Å². The van der Waals surface area contributed by atoms with Gasteiger partial charge >= 0.3 is 0 Å². The third-order valence-electron chi connectivity index (χ3n) is 3.84. The maximum Gasteiger partial charge on any atom is 0.249 e. The summed E-state index contributed by atoms with van der Waals surface area (Å²) in [6.45, 7) is 4.35. The van der Waals surface area contributed by atoms with Crippen LogP contribution in [0.2, 0.25) is 0 Å². The Morgan fingerprint density at radius 1 is 1.29 bits per heavy atom. The minimum absolute atomic E-state index is 0.0928. The van der Waals surface area contributed by atoms with Crippen LogP contribution in [-0.2, 0) is 4.79 Å². The monoisotopic (exact) mass is 323 g/mol. The number of nitriles is 1. The highest BCUT2D eigenvalue weighted by molar-refractivity contribution is 5.73. The fourth-order valence-electron chi connectivity index (χ4n) is 2.55. The summed E-state index contributed by atoms with van der Waals surface area (Å²) < 4.78 is 0. The van der Waals surface area contributed by atoms with Gasteiger partial charge in [0.05, 0.1) is 17.8 Å². The first-order valence-electron chi connectivity index (χ1n) is 7.63. The van der Waals surface area contributed by atoms with Crippen molar-refractivity contribution in [3.05, 3.63) is 36.0 Å². The Balaban J connectivity index is 1.70. The number of nitrogens with zero attached hydrogens (tertiary/aromatic N) is 6. The smallest absolute Gasteiger partial charge is 0.249 e. The third-order valence-corrected chi connectivity index (χ3v) is 3.84. The van der Waals surface area contributed by atoms with Crippen molar-refractivity contribution in [1.82, 2.24) is 20.1 Å². The summed E-state index contributed by atoms with van der Waals surface area (Å²) in [6, 6.07) is 9.17. The van der Waals surface area contributed by atoms with Crippen LogP contribution < -0.4 is 10.2 Å². The molecule has 3 rings (SSSR count). The van der Waals surface area contributed by atoms with E-state index in [-0.39, 0.29) is 5.91 Å². The molecule has 1 aliphatic heterocycles. The van der Waals surface area contributed by atoms with Gasteiger partial charge in [0.1, 0.15) is 0 Å². The fourth-order valence-corrected chi connectivity index (χ4v) is 2.55. The highest BCUT2D eigenvalue weighted by Gasteiger charge is 2.20. The lowest BCUT2D eigenvalue weighted by Gasteiger charge is -2.34. The maximum absolute atomic E-state index is 11.4. The second-order valence-electron chi connectivity index (χ2n) is 5.45. The number of anilines is 3. The van der Waals surface area contributed by atoms with Crippen LogP contribution in [0.25, 0.3) is 0 Å². The molecular formula is C16H17N7O. The van der Waals surface area contributed by atoms with Crippen LogP contribution in [0.15, 0.2) is 30.5 Å². The van der Waals surface area contributed by atoms with E-state index in [9.17, 15) is 4.79 Å². The lowest BCUT2D eigenvalue weighted by Crippen LogP contribution is -2.48. The van der Waals surface area contributed by atoms with Crippen molar-refractivity contribution in [2.45, 2.75) is 6.92 Å². The first-order valence-corrected chi connectivity index (χ1v) is 7.63. The van der Waals surface area contributed by atoms with E-state index in [1.807, 2.05) is 11.0 Å². The summed E-state index contributed by atoms with van der Waals surface area (Å²) in [5.41, 5.74) is 1.29. The summed E-state index contributed by atoms with van der Waals surface area (Å²) in [7, 11) is 0. The van der Waals surface area contributed by atoms with Crippen molar-refractivity contribution in [2.24, 2.45) is 0 Å². The van der Waals surface area contributed by atoms with Crippen molar-refractivity contribution in [3.8, 4) is 6.07 Å². The molecule has 8 heteroatoms. The zero-order chi connectivity index (χ0) is 16.9. The molecule has 1 aromatic heterocycles. The molecule has 0 bridgehead atoms. The van der Waals surface area contributed by atoms with E-state index < -0.39 is 0 Å². The van der Waals surface area contributed by atoms with Gasteiger partial charge in [-0.15, -0.1) is 5.10 Å². The summed E-state index contributed by atoms with van der Waals surface area (Å²) in [5.74, 6) is 1.18.